The van der Waals surface area contributed by atoms with Crippen molar-refractivity contribution in [1.82, 2.24) is 0 Å². The van der Waals surface area contributed by atoms with Crippen LogP contribution in [0, 0.1) is 0 Å². The SMILES string of the molecule is COc1ccc(C2(c3ccc(OC)cc3OC)C=Cc3c(c(C(=O)N4CCc5ccccc54)cc4ccccc34)O2)c(OC)c1. The topological polar surface area (TPSA) is 66.5 Å². The van der Waals surface area contributed by atoms with Crippen LogP contribution in [0.15, 0.2) is 97.1 Å². The Balaban J connectivity index is 1.49. The Morgan fingerprint density at radius 2 is 1.40 bits per heavy atom. The highest BCUT2D eigenvalue weighted by Crippen LogP contribution is 2.51. The molecule has 0 aliphatic carbocycles. The third-order valence-electron chi connectivity index (χ3n) is 8.77. The first kappa shape index (κ1) is 28.3. The van der Waals surface area contributed by atoms with Crippen molar-refractivity contribution in [2.75, 3.05) is 39.9 Å². The summed E-state index contributed by atoms with van der Waals surface area (Å²) in [5.74, 6) is 2.77. The van der Waals surface area contributed by atoms with Gasteiger partial charge in [-0.15, -0.1) is 0 Å². The zero-order valence-electron chi connectivity index (χ0n) is 25.6. The van der Waals surface area contributed by atoms with Crippen molar-refractivity contribution >= 4 is 28.4 Å². The average Bonchev–Trinajstić information content (AvgIpc) is 3.54. The molecule has 1 amide bonds. The van der Waals surface area contributed by atoms with Crippen LogP contribution in [0.1, 0.15) is 32.6 Å². The molecule has 0 fully saturated rings. The lowest BCUT2D eigenvalue weighted by Crippen LogP contribution is -2.37. The Morgan fingerprint density at radius 1 is 0.756 bits per heavy atom. The smallest absolute Gasteiger partial charge is 0.262 e. The van der Waals surface area contributed by atoms with Gasteiger partial charge in [-0.3, -0.25) is 4.79 Å². The maximum Gasteiger partial charge on any atom is 0.262 e. The normalized spacial score (nSPS) is 14.4. The van der Waals surface area contributed by atoms with E-state index in [1.54, 1.807) is 28.4 Å². The fourth-order valence-corrected chi connectivity index (χ4v) is 6.53. The number of amides is 1. The van der Waals surface area contributed by atoms with Gasteiger partial charge < -0.3 is 28.6 Å². The molecular weight excluding hydrogens is 566 g/mol. The monoisotopic (exact) mass is 599 g/mol. The maximum atomic E-state index is 14.6. The third-order valence-corrected chi connectivity index (χ3v) is 8.77. The molecule has 45 heavy (non-hydrogen) atoms. The van der Waals surface area contributed by atoms with Crippen LogP contribution in [0.25, 0.3) is 16.8 Å². The lowest BCUT2D eigenvalue weighted by molar-refractivity contribution is 0.0975. The van der Waals surface area contributed by atoms with Crippen molar-refractivity contribution in [3.05, 3.63) is 125 Å². The molecule has 0 atom stereocenters. The third kappa shape index (κ3) is 4.54. The molecule has 7 heteroatoms. The van der Waals surface area contributed by atoms with Crippen LogP contribution in [0.2, 0.25) is 0 Å². The number of anilines is 1. The van der Waals surface area contributed by atoms with E-state index in [9.17, 15) is 4.79 Å². The van der Waals surface area contributed by atoms with Crippen LogP contribution in [-0.4, -0.2) is 40.9 Å². The predicted octanol–water partition coefficient (Wildman–Crippen LogP) is 7.43. The molecule has 2 heterocycles. The van der Waals surface area contributed by atoms with Crippen molar-refractivity contribution in [2.45, 2.75) is 12.0 Å². The quantitative estimate of drug-likeness (QED) is 0.194. The van der Waals surface area contributed by atoms with Crippen molar-refractivity contribution in [3.8, 4) is 28.7 Å². The van der Waals surface area contributed by atoms with Gasteiger partial charge in [-0.05, 0) is 71.3 Å². The van der Waals surface area contributed by atoms with Gasteiger partial charge in [0, 0.05) is 41.1 Å². The number of hydrogen-bond acceptors (Lipinski definition) is 6. The van der Waals surface area contributed by atoms with Gasteiger partial charge in [-0.2, -0.15) is 0 Å². The largest absolute Gasteiger partial charge is 0.497 e. The van der Waals surface area contributed by atoms with Gasteiger partial charge in [-0.1, -0.05) is 42.5 Å². The molecule has 226 valence electrons. The molecule has 0 radical (unpaired) electrons. The summed E-state index contributed by atoms with van der Waals surface area (Å²) >= 11 is 0. The lowest BCUT2D eigenvalue weighted by atomic mass is 9.81. The van der Waals surface area contributed by atoms with Crippen LogP contribution in [-0.2, 0) is 12.0 Å². The highest BCUT2D eigenvalue weighted by molar-refractivity contribution is 6.13. The second-order valence-corrected chi connectivity index (χ2v) is 11.0. The zero-order valence-corrected chi connectivity index (χ0v) is 25.6. The summed E-state index contributed by atoms with van der Waals surface area (Å²) in [6, 6.07) is 29.3. The molecule has 5 aromatic rings. The number of benzene rings is 5. The Labute approximate surface area is 262 Å². The summed E-state index contributed by atoms with van der Waals surface area (Å²) in [5, 5.41) is 1.94. The predicted molar refractivity (Wildman–Crippen MR) is 175 cm³/mol. The minimum absolute atomic E-state index is 0.116. The molecule has 0 saturated heterocycles. The van der Waals surface area contributed by atoms with Crippen molar-refractivity contribution in [3.63, 3.8) is 0 Å². The summed E-state index contributed by atoms with van der Waals surface area (Å²) in [4.78, 5) is 16.4. The number of nitrogens with zero attached hydrogens (tertiary/aromatic N) is 1. The molecule has 0 aromatic heterocycles. The minimum atomic E-state index is -1.25. The van der Waals surface area contributed by atoms with Crippen LogP contribution in [0.5, 0.6) is 28.7 Å². The van der Waals surface area contributed by atoms with Gasteiger partial charge in [0.1, 0.15) is 28.7 Å². The first-order chi connectivity index (χ1) is 22.0. The number of hydrogen-bond donors (Lipinski definition) is 0. The number of fused-ring (bicyclic) bond motifs is 4. The molecule has 5 aromatic carbocycles. The summed E-state index contributed by atoms with van der Waals surface area (Å²) in [5.41, 5.74) is 3.58. The Morgan fingerprint density at radius 3 is 2.07 bits per heavy atom. The molecule has 0 unspecified atom stereocenters. The molecule has 0 saturated carbocycles. The van der Waals surface area contributed by atoms with Gasteiger partial charge in [-0.25, -0.2) is 0 Å². The van der Waals surface area contributed by atoms with Crippen molar-refractivity contribution in [2.24, 2.45) is 0 Å². The number of methoxy groups -OCH3 is 4. The fourth-order valence-electron chi connectivity index (χ4n) is 6.53. The number of rotatable bonds is 7. The average molecular weight is 600 g/mol. The molecule has 7 nitrogen and oxygen atoms in total. The van der Waals surface area contributed by atoms with E-state index in [1.807, 2.05) is 95.9 Å². The molecule has 2 aliphatic rings. The second-order valence-electron chi connectivity index (χ2n) is 11.0. The van der Waals surface area contributed by atoms with E-state index in [4.69, 9.17) is 23.7 Å². The summed E-state index contributed by atoms with van der Waals surface area (Å²) < 4.78 is 30.2. The summed E-state index contributed by atoms with van der Waals surface area (Å²) in [6.45, 7) is 0.597. The highest BCUT2D eigenvalue weighted by Gasteiger charge is 2.44. The van der Waals surface area contributed by atoms with Gasteiger partial charge in [0.05, 0.1) is 34.0 Å². The Kier molecular flexibility index (Phi) is 7.09. The number of ether oxygens (including phenoxy) is 5. The van der Waals surface area contributed by atoms with E-state index >= 15 is 0 Å². The summed E-state index contributed by atoms with van der Waals surface area (Å²) in [6.07, 6.45) is 4.85. The lowest BCUT2D eigenvalue weighted by Gasteiger charge is -2.38. The van der Waals surface area contributed by atoms with Crippen LogP contribution in [0.4, 0.5) is 5.69 Å². The maximum absolute atomic E-state index is 14.6. The first-order valence-corrected chi connectivity index (χ1v) is 14.8. The minimum Gasteiger partial charge on any atom is -0.497 e. The second kappa shape index (κ2) is 11.2. The number of para-hydroxylation sites is 1. The fraction of sp³-hybridized carbons (Fsp3) is 0.184. The van der Waals surface area contributed by atoms with Crippen LogP contribution < -0.4 is 28.6 Å². The van der Waals surface area contributed by atoms with Crippen molar-refractivity contribution in [1.29, 1.82) is 0 Å². The van der Waals surface area contributed by atoms with Crippen molar-refractivity contribution < 1.29 is 28.5 Å². The number of carbonyl (C=O) groups excluding carboxylic acids is 1. The van der Waals surface area contributed by atoms with E-state index in [-0.39, 0.29) is 5.91 Å². The van der Waals surface area contributed by atoms with Gasteiger partial charge in [0.2, 0.25) is 0 Å². The van der Waals surface area contributed by atoms with E-state index in [1.165, 1.54) is 0 Å². The van der Waals surface area contributed by atoms with E-state index in [2.05, 4.69) is 12.1 Å². The van der Waals surface area contributed by atoms with E-state index in [0.717, 1.165) is 34.0 Å². The van der Waals surface area contributed by atoms with Gasteiger partial charge in [0.25, 0.3) is 5.91 Å². The zero-order chi connectivity index (χ0) is 31.1. The van der Waals surface area contributed by atoms with E-state index < -0.39 is 5.60 Å². The number of carbonyl (C=O) groups is 1. The molecule has 0 N–H and O–H groups in total. The molecule has 0 bridgehead atoms. The molecule has 7 rings (SSSR count). The van der Waals surface area contributed by atoms with Gasteiger partial charge in [0.15, 0.2) is 5.60 Å². The van der Waals surface area contributed by atoms with E-state index in [0.29, 0.717) is 52.0 Å². The Bertz CT molecular complexity index is 1920. The first-order valence-electron chi connectivity index (χ1n) is 14.8. The molecule has 2 aliphatic heterocycles. The van der Waals surface area contributed by atoms with Crippen LogP contribution in [0.3, 0.4) is 0 Å². The standard InChI is InChI=1S/C38H33NO6/c1-41-26-13-15-31(34(22-26)43-3)38(32-16-14-27(42-2)23-35(32)44-4)19-17-29-28-11-7-5-10-25(28)21-30(36(29)45-38)37(40)39-20-18-24-9-6-8-12-33(24)39/h5-17,19,21-23H,18,20H2,1-4H3. The van der Waals surface area contributed by atoms with Gasteiger partial charge >= 0.3 is 0 Å². The molecule has 0 spiro atoms. The Hall–Kier alpha value is -5.43. The summed E-state index contributed by atoms with van der Waals surface area (Å²) in [7, 11) is 6.46. The highest BCUT2D eigenvalue weighted by atomic mass is 16.5. The van der Waals surface area contributed by atoms with Crippen LogP contribution >= 0.6 is 0 Å². The molecular formula is C38H33NO6.